The third-order valence-electron chi connectivity index (χ3n) is 6.98. The highest BCUT2D eigenvalue weighted by atomic mass is 19.1. The van der Waals surface area contributed by atoms with Crippen molar-refractivity contribution in [1.29, 1.82) is 0 Å². The van der Waals surface area contributed by atoms with Crippen molar-refractivity contribution in [1.82, 2.24) is 15.1 Å². The summed E-state index contributed by atoms with van der Waals surface area (Å²) in [5, 5.41) is 16.7. The lowest BCUT2D eigenvalue weighted by molar-refractivity contribution is -0.159. The van der Waals surface area contributed by atoms with Gasteiger partial charge < -0.3 is 25.3 Å². The molecule has 1 saturated heterocycles. The van der Waals surface area contributed by atoms with E-state index in [9.17, 15) is 23.9 Å². The van der Waals surface area contributed by atoms with Crippen molar-refractivity contribution in [3.63, 3.8) is 0 Å². The normalized spacial score (nSPS) is 16.8. The molecule has 0 saturated carbocycles. The molecule has 2 aliphatic rings. The number of carbonyl (C=O) groups excluding carboxylic acids is 3. The minimum absolute atomic E-state index is 0.0394. The van der Waals surface area contributed by atoms with E-state index < -0.39 is 17.5 Å². The van der Waals surface area contributed by atoms with Gasteiger partial charge in [-0.2, -0.15) is 0 Å². The zero-order valence-corrected chi connectivity index (χ0v) is 21.0. The molecule has 3 N–H and O–H groups in total. The van der Waals surface area contributed by atoms with E-state index in [0.29, 0.717) is 41.0 Å². The Labute approximate surface area is 215 Å². The van der Waals surface area contributed by atoms with Crippen molar-refractivity contribution in [2.75, 3.05) is 38.6 Å². The topological polar surface area (TPSA) is 111 Å². The molecule has 4 rings (SSSR count). The van der Waals surface area contributed by atoms with E-state index in [0.717, 1.165) is 24.5 Å². The van der Waals surface area contributed by atoms with E-state index in [2.05, 4.69) is 15.5 Å². The molecule has 0 bridgehead atoms. The summed E-state index contributed by atoms with van der Waals surface area (Å²) < 4.78 is 20.4. The van der Waals surface area contributed by atoms with Crippen LogP contribution in [-0.2, 0) is 22.7 Å². The minimum atomic E-state index is -2.17. The predicted octanol–water partition coefficient (Wildman–Crippen LogP) is 2.28. The summed E-state index contributed by atoms with van der Waals surface area (Å²) >= 11 is 0. The maximum Gasteiger partial charge on any atom is 0.273 e. The number of anilines is 1. The Kier molecular flexibility index (Phi) is 8.40. The summed E-state index contributed by atoms with van der Waals surface area (Å²) in [6.07, 6.45) is 2.69. The van der Waals surface area contributed by atoms with Crippen molar-refractivity contribution >= 4 is 23.8 Å². The number of fused-ring (bicyclic) bond motifs is 1. The molecular weight excluding hydrogens is 479 g/mol. The van der Waals surface area contributed by atoms with Gasteiger partial charge in [0.05, 0.1) is 6.54 Å². The van der Waals surface area contributed by atoms with Crippen LogP contribution in [0.1, 0.15) is 47.2 Å². The van der Waals surface area contributed by atoms with Crippen molar-refractivity contribution in [2.24, 2.45) is 0 Å². The van der Waals surface area contributed by atoms with E-state index in [1.165, 1.54) is 26.0 Å². The van der Waals surface area contributed by atoms with Gasteiger partial charge in [0, 0.05) is 55.4 Å². The van der Waals surface area contributed by atoms with Crippen molar-refractivity contribution < 1.29 is 28.6 Å². The lowest BCUT2D eigenvalue weighted by Gasteiger charge is -2.35. The van der Waals surface area contributed by atoms with Gasteiger partial charge in [0.2, 0.25) is 5.72 Å². The van der Waals surface area contributed by atoms with Gasteiger partial charge >= 0.3 is 0 Å². The maximum absolute atomic E-state index is 14.6. The number of nitrogens with zero attached hydrogens (tertiary/aromatic N) is 2. The van der Waals surface area contributed by atoms with Crippen LogP contribution in [0.15, 0.2) is 36.4 Å². The Morgan fingerprint density at radius 3 is 2.76 bits per heavy atom. The van der Waals surface area contributed by atoms with Gasteiger partial charge in [-0.25, -0.2) is 4.39 Å². The van der Waals surface area contributed by atoms with E-state index in [1.54, 1.807) is 30.3 Å². The third-order valence-corrected chi connectivity index (χ3v) is 6.98. The van der Waals surface area contributed by atoms with E-state index in [-0.39, 0.29) is 31.7 Å². The zero-order valence-electron chi connectivity index (χ0n) is 21.0. The number of likely N-dealkylation sites (tertiary alicyclic amines) is 1. The number of aldehydes is 1. The molecule has 1 atom stereocenters. The third kappa shape index (κ3) is 5.75. The first-order valence-electron chi connectivity index (χ1n) is 12.6. The number of hydrogen-bond acceptors (Lipinski definition) is 7. The SMILES string of the molecule is CNC(=O)C(O)(CCC=O)N1Cc2c(NCc3cc(OCCN4CCCC4)ccc3F)cccc2C1=O. The van der Waals surface area contributed by atoms with Gasteiger partial charge in [-0.15, -0.1) is 0 Å². The molecule has 0 aliphatic carbocycles. The van der Waals surface area contributed by atoms with Gasteiger partial charge in [-0.3, -0.25) is 19.4 Å². The minimum Gasteiger partial charge on any atom is -0.492 e. The molecule has 9 nitrogen and oxygen atoms in total. The van der Waals surface area contributed by atoms with E-state index in [4.69, 9.17) is 4.74 Å². The van der Waals surface area contributed by atoms with Crippen molar-refractivity contribution in [3.8, 4) is 5.75 Å². The smallest absolute Gasteiger partial charge is 0.273 e. The van der Waals surface area contributed by atoms with Gasteiger partial charge in [0.25, 0.3) is 11.8 Å². The standard InChI is InChI=1S/C27H33FN4O5/c1-29-26(35)27(36,10-5-14-33)32-18-22-21(25(32)34)6-4-7-24(22)30-17-19-16-20(8-9-23(19)28)37-15-13-31-11-2-3-12-31/h4,6-9,14,16,30,36H,2-3,5,10-13,15,17-18H2,1H3,(H,29,35). The number of aliphatic hydroxyl groups is 1. The molecule has 2 aliphatic heterocycles. The Morgan fingerprint density at radius 2 is 2.03 bits per heavy atom. The largest absolute Gasteiger partial charge is 0.492 e. The number of ether oxygens (including phenoxy) is 1. The summed E-state index contributed by atoms with van der Waals surface area (Å²) in [4.78, 5) is 40.0. The molecule has 1 fully saturated rings. The van der Waals surface area contributed by atoms with Crippen LogP contribution in [0.3, 0.4) is 0 Å². The average Bonchev–Trinajstić information content (AvgIpc) is 3.55. The van der Waals surface area contributed by atoms with Crippen LogP contribution < -0.4 is 15.4 Å². The fourth-order valence-corrected chi connectivity index (χ4v) is 4.89. The van der Waals surface area contributed by atoms with Gasteiger partial charge in [0.15, 0.2) is 0 Å². The Hall–Kier alpha value is -3.50. The molecule has 0 spiro atoms. The highest BCUT2D eigenvalue weighted by molar-refractivity contribution is 6.03. The lowest BCUT2D eigenvalue weighted by atomic mass is 10.0. The Bertz CT molecular complexity index is 1150. The molecule has 2 aromatic carbocycles. The molecule has 2 heterocycles. The average molecular weight is 513 g/mol. The number of nitrogens with one attached hydrogen (secondary N) is 2. The molecule has 0 radical (unpaired) electrons. The molecule has 10 heteroatoms. The summed E-state index contributed by atoms with van der Waals surface area (Å²) in [6, 6.07) is 9.70. The van der Waals surface area contributed by atoms with Crippen molar-refractivity contribution in [3.05, 3.63) is 58.9 Å². The highest BCUT2D eigenvalue weighted by Gasteiger charge is 2.47. The van der Waals surface area contributed by atoms with Crippen molar-refractivity contribution in [2.45, 2.75) is 44.5 Å². The number of amides is 2. The number of halogens is 1. The van der Waals surface area contributed by atoms with Crippen LogP contribution in [0, 0.1) is 5.82 Å². The molecular formula is C27H33FN4O5. The summed E-state index contributed by atoms with van der Waals surface area (Å²) in [5.41, 5.74) is -0.263. The van der Waals surface area contributed by atoms with Gasteiger partial charge in [-0.1, -0.05) is 6.07 Å². The van der Waals surface area contributed by atoms with Crippen LogP contribution in [-0.4, -0.2) is 72.0 Å². The number of rotatable bonds is 12. The first kappa shape index (κ1) is 26.6. The van der Waals surface area contributed by atoms with Crippen LogP contribution in [0.25, 0.3) is 0 Å². The summed E-state index contributed by atoms with van der Waals surface area (Å²) in [5.74, 6) is -1.08. The second-order valence-electron chi connectivity index (χ2n) is 9.33. The number of hydrogen-bond donors (Lipinski definition) is 3. The van der Waals surface area contributed by atoms with Crippen LogP contribution in [0.2, 0.25) is 0 Å². The number of benzene rings is 2. The van der Waals surface area contributed by atoms with Crippen LogP contribution in [0.4, 0.5) is 10.1 Å². The summed E-state index contributed by atoms with van der Waals surface area (Å²) in [6.45, 7) is 3.64. The van der Waals surface area contributed by atoms with Gasteiger partial charge in [-0.05, 0) is 56.3 Å². The van der Waals surface area contributed by atoms with E-state index in [1.807, 2.05) is 0 Å². The molecule has 0 aromatic heterocycles. The first-order chi connectivity index (χ1) is 17.9. The fourth-order valence-electron chi connectivity index (χ4n) is 4.89. The number of carbonyl (C=O) groups is 3. The lowest BCUT2D eigenvalue weighted by Crippen LogP contribution is -2.58. The monoisotopic (exact) mass is 512 g/mol. The first-order valence-corrected chi connectivity index (χ1v) is 12.6. The molecule has 198 valence electrons. The van der Waals surface area contributed by atoms with E-state index >= 15 is 0 Å². The fraction of sp³-hybridized carbons (Fsp3) is 0.444. The molecule has 37 heavy (non-hydrogen) atoms. The maximum atomic E-state index is 14.6. The zero-order chi connectivity index (χ0) is 26.4. The van der Waals surface area contributed by atoms with Crippen LogP contribution in [0.5, 0.6) is 5.75 Å². The van der Waals surface area contributed by atoms with Crippen LogP contribution >= 0.6 is 0 Å². The second-order valence-corrected chi connectivity index (χ2v) is 9.33. The highest BCUT2D eigenvalue weighted by Crippen LogP contribution is 2.35. The second kappa shape index (κ2) is 11.7. The quantitative estimate of drug-likeness (QED) is 0.374. The molecule has 2 aromatic rings. The molecule has 1 unspecified atom stereocenters. The Morgan fingerprint density at radius 1 is 1.24 bits per heavy atom. The molecule has 2 amide bonds. The van der Waals surface area contributed by atoms with Gasteiger partial charge in [0.1, 0.15) is 24.5 Å². The Balaban J connectivity index is 1.46. The predicted molar refractivity (Wildman–Crippen MR) is 136 cm³/mol. The number of likely N-dealkylation sites (N-methyl/N-ethyl adjacent to an activating group) is 1. The summed E-state index contributed by atoms with van der Waals surface area (Å²) in [7, 11) is 1.35.